The molecular formula is C15H24N2O3. The summed E-state index contributed by atoms with van der Waals surface area (Å²) < 4.78 is 0. The number of carbonyl (C=O) groups excluding carboxylic acids is 1. The Morgan fingerprint density at radius 3 is 2.50 bits per heavy atom. The molecule has 1 unspecified atom stereocenters. The molecule has 2 aliphatic rings. The maximum atomic E-state index is 12.5. The molecule has 0 bridgehead atoms. The lowest BCUT2D eigenvalue weighted by Crippen LogP contribution is -2.46. The first kappa shape index (κ1) is 14.9. The van der Waals surface area contributed by atoms with Crippen LogP contribution in [0.2, 0.25) is 0 Å². The molecule has 5 nitrogen and oxygen atoms in total. The zero-order chi connectivity index (χ0) is 14.9. The van der Waals surface area contributed by atoms with Crippen LogP contribution in [0.25, 0.3) is 0 Å². The molecule has 0 aromatic heterocycles. The van der Waals surface area contributed by atoms with Crippen molar-refractivity contribution in [3.05, 3.63) is 11.6 Å². The van der Waals surface area contributed by atoms with Crippen molar-refractivity contribution in [1.82, 2.24) is 9.80 Å². The highest BCUT2D eigenvalue weighted by Crippen LogP contribution is 2.38. The minimum atomic E-state index is -0.781. The predicted octanol–water partition coefficient (Wildman–Crippen LogP) is 2.19. The number of carboxylic acids is 1. The molecule has 20 heavy (non-hydrogen) atoms. The van der Waals surface area contributed by atoms with Gasteiger partial charge in [0.15, 0.2) is 0 Å². The van der Waals surface area contributed by atoms with Gasteiger partial charge in [0, 0.05) is 26.2 Å². The Bertz CT molecular complexity index is 444. The van der Waals surface area contributed by atoms with Crippen LogP contribution in [-0.2, 0) is 4.79 Å². The molecule has 2 heterocycles. The molecule has 2 amide bonds. The van der Waals surface area contributed by atoms with Gasteiger partial charge in [-0.05, 0) is 25.7 Å². The second-order valence-corrected chi connectivity index (χ2v) is 6.33. The van der Waals surface area contributed by atoms with Gasteiger partial charge in [0.25, 0.3) is 0 Å². The van der Waals surface area contributed by atoms with Crippen LogP contribution in [0.1, 0.15) is 33.6 Å². The van der Waals surface area contributed by atoms with Crippen LogP contribution in [0.4, 0.5) is 4.79 Å². The van der Waals surface area contributed by atoms with Crippen LogP contribution >= 0.6 is 0 Å². The summed E-state index contributed by atoms with van der Waals surface area (Å²) >= 11 is 0. The van der Waals surface area contributed by atoms with Gasteiger partial charge in [-0.15, -0.1) is 0 Å². The van der Waals surface area contributed by atoms with Crippen molar-refractivity contribution >= 4 is 12.0 Å². The molecular weight excluding hydrogens is 256 g/mol. The topological polar surface area (TPSA) is 60.9 Å². The molecule has 1 fully saturated rings. The van der Waals surface area contributed by atoms with Crippen LogP contribution in [0.15, 0.2) is 11.6 Å². The van der Waals surface area contributed by atoms with Gasteiger partial charge in [0.1, 0.15) is 0 Å². The van der Waals surface area contributed by atoms with E-state index in [9.17, 15) is 14.7 Å². The van der Waals surface area contributed by atoms with E-state index >= 15 is 0 Å². The van der Waals surface area contributed by atoms with E-state index in [1.807, 2.05) is 25.7 Å². The van der Waals surface area contributed by atoms with E-state index in [0.29, 0.717) is 26.1 Å². The fourth-order valence-electron chi connectivity index (χ4n) is 3.16. The van der Waals surface area contributed by atoms with Crippen molar-refractivity contribution in [3.63, 3.8) is 0 Å². The van der Waals surface area contributed by atoms with Crippen LogP contribution in [-0.4, -0.2) is 53.1 Å². The third kappa shape index (κ3) is 2.53. The minimum Gasteiger partial charge on any atom is -0.481 e. The summed E-state index contributed by atoms with van der Waals surface area (Å²) in [5, 5.41) is 9.53. The molecule has 0 aromatic rings. The van der Waals surface area contributed by atoms with Crippen molar-refractivity contribution in [2.24, 2.45) is 11.3 Å². The lowest BCUT2D eigenvalue weighted by atomic mass is 9.76. The first-order chi connectivity index (χ1) is 9.36. The maximum absolute atomic E-state index is 12.5. The molecule has 112 valence electrons. The Morgan fingerprint density at radius 2 is 2.00 bits per heavy atom. The number of nitrogens with zero attached hydrogens (tertiary/aromatic N) is 2. The monoisotopic (exact) mass is 280 g/mol. The van der Waals surface area contributed by atoms with Gasteiger partial charge in [-0.1, -0.05) is 25.5 Å². The van der Waals surface area contributed by atoms with Gasteiger partial charge in [0.05, 0.1) is 5.41 Å². The molecule has 1 atom stereocenters. The highest BCUT2D eigenvalue weighted by Gasteiger charge is 2.49. The lowest BCUT2D eigenvalue weighted by molar-refractivity contribution is -0.150. The SMILES string of the molecule is CC1=CCCN(C(=O)N2CCC(C(=O)O)(C(C)C)C2)C1. The van der Waals surface area contributed by atoms with E-state index in [1.165, 1.54) is 5.57 Å². The Labute approximate surface area is 120 Å². The first-order valence-electron chi connectivity index (χ1n) is 7.29. The molecule has 1 N–H and O–H groups in total. The maximum Gasteiger partial charge on any atom is 0.320 e. The van der Waals surface area contributed by atoms with Gasteiger partial charge in [-0.25, -0.2) is 4.79 Å². The average molecular weight is 280 g/mol. The smallest absolute Gasteiger partial charge is 0.320 e. The van der Waals surface area contributed by atoms with Crippen molar-refractivity contribution < 1.29 is 14.7 Å². The Hall–Kier alpha value is -1.52. The third-order valence-corrected chi connectivity index (χ3v) is 4.71. The van der Waals surface area contributed by atoms with Crippen LogP contribution in [0.3, 0.4) is 0 Å². The zero-order valence-corrected chi connectivity index (χ0v) is 12.6. The lowest BCUT2D eigenvalue weighted by Gasteiger charge is -2.32. The van der Waals surface area contributed by atoms with Gasteiger partial charge in [-0.2, -0.15) is 0 Å². The second kappa shape index (κ2) is 5.46. The zero-order valence-electron chi connectivity index (χ0n) is 12.6. The van der Waals surface area contributed by atoms with Gasteiger partial charge >= 0.3 is 12.0 Å². The quantitative estimate of drug-likeness (QED) is 0.789. The normalized spacial score (nSPS) is 26.9. The summed E-state index contributed by atoms with van der Waals surface area (Å²) in [4.78, 5) is 27.7. The minimum absolute atomic E-state index is 0.0128. The summed E-state index contributed by atoms with van der Waals surface area (Å²) in [7, 11) is 0. The number of carboxylic acid groups (broad SMARTS) is 1. The van der Waals surface area contributed by atoms with Crippen molar-refractivity contribution in [2.45, 2.75) is 33.6 Å². The first-order valence-corrected chi connectivity index (χ1v) is 7.29. The Balaban J connectivity index is 2.07. The fourth-order valence-corrected chi connectivity index (χ4v) is 3.16. The number of amides is 2. The van der Waals surface area contributed by atoms with E-state index < -0.39 is 11.4 Å². The summed E-state index contributed by atoms with van der Waals surface area (Å²) in [6.45, 7) is 8.15. The predicted molar refractivity (Wildman–Crippen MR) is 76.4 cm³/mol. The van der Waals surface area contributed by atoms with Crippen molar-refractivity contribution in [3.8, 4) is 0 Å². The number of carbonyl (C=O) groups is 2. The molecule has 0 saturated carbocycles. The molecule has 0 aliphatic carbocycles. The van der Waals surface area contributed by atoms with Crippen molar-refractivity contribution in [2.75, 3.05) is 26.2 Å². The largest absolute Gasteiger partial charge is 0.481 e. The molecule has 1 saturated heterocycles. The van der Waals surface area contributed by atoms with Crippen LogP contribution in [0.5, 0.6) is 0 Å². The molecule has 5 heteroatoms. The summed E-state index contributed by atoms with van der Waals surface area (Å²) in [6, 6.07) is -0.0128. The van der Waals surface area contributed by atoms with E-state index in [1.54, 1.807) is 4.90 Å². The summed E-state index contributed by atoms with van der Waals surface area (Å²) in [5.74, 6) is -0.752. The number of hydrogen-bond donors (Lipinski definition) is 1. The summed E-state index contributed by atoms with van der Waals surface area (Å²) in [6.07, 6.45) is 3.59. The molecule has 0 aromatic carbocycles. The highest BCUT2D eigenvalue weighted by atomic mass is 16.4. The van der Waals surface area contributed by atoms with Crippen LogP contribution in [0, 0.1) is 11.3 Å². The third-order valence-electron chi connectivity index (χ3n) is 4.71. The van der Waals surface area contributed by atoms with Gasteiger partial charge in [0.2, 0.25) is 0 Å². The standard InChI is InChI=1S/C15H24N2O3/c1-11(2)15(13(18)19)6-8-17(10-15)14(20)16-7-4-5-12(3)9-16/h5,11H,4,6-10H2,1-3H3,(H,18,19). The number of likely N-dealkylation sites (tertiary alicyclic amines) is 1. The van der Waals surface area contributed by atoms with Gasteiger partial charge in [-0.3, -0.25) is 4.79 Å². The molecule has 2 rings (SSSR count). The van der Waals surface area contributed by atoms with E-state index in [-0.39, 0.29) is 11.9 Å². The van der Waals surface area contributed by atoms with Crippen molar-refractivity contribution in [1.29, 1.82) is 0 Å². The Morgan fingerprint density at radius 1 is 1.30 bits per heavy atom. The second-order valence-electron chi connectivity index (χ2n) is 6.33. The fraction of sp³-hybridized carbons (Fsp3) is 0.733. The number of urea groups is 1. The Kier molecular flexibility index (Phi) is 4.06. The number of aliphatic carboxylic acids is 1. The molecule has 2 aliphatic heterocycles. The number of rotatable bonds is 2. The molecule has 0 spiro atoms. The summed E-state index contributed by atoms with van der Waals surface area (Å²) in [5.41, 5.74) is 0.424. The van der Waals surface area contributed by atoms with Gasteiger partial charge < -0.3 is 14.9 Å². The van der Waals surface area contributed by atoms with E-state index in [2.05, 4.69) is 6.08 Å². The van der Waals surface area contributed by atoms with Crippen LogP contribution < -0.4 is 0 Å². The highest BCUT2D eigenvalue weighted by molar-refractivity contribution is 5.80. The van der Waals surface area contributed by atoms with E-state index in [0.717, 1.165) is 13.0 Å². The number of hydrogen-bond acceptors (Lipinski definition) is 2. The molecule has 0 radical (unpaired) electrons. The van der Waals surface area contributed by atoms with E-state index in [4.69, 9.17) is 0 Å². The average Bonchev–Trinajstić information content (AvgIpc) is 2.84.